The van der Waals surface area contributed by atoms with Gasteiger partial charge in [-0.3, -0.25) is 14.4 Å². The van der Waals surface area contributed by atoms with Gasteiger partial charge in [0.1, 0.15) is 6.04 Å². The van der Waals surface area contributed by atoms with E-state index in [1.54, 1.807) is 11.0 Å². The Labute approximate surface area is 170 Å². The highest BCUT2D eigenvalue weighted by atomic mass is 32.2. The van der Waals surface area contributed by atoms with Crippen molar-refractivity contribution in [2.24, 2.45) is 11.8 Å². The van der Waals surface area contributed by atoms with Gasteiger partial charge in [0.05, 0.1) is 23.2 Å². The molecule has 3 aliphatic rings. The Morgan fingerprint density at radius 2 is 2.04 bits per heavy atom. The third kappa shape index (κ3) is 2.79. The first-order valence-corrected chi connectivity index (χ1v) is 10.5. The largest absolute Gasteiger partial charge is 0.481 e. The quantitative estimate of drug-likeness (QED) is 0.642. The Morgan fingerprint density at radius 3 is 2.54 bits per heavy atom. The van der Waals surface area contributed by atoms with Crippen molar-refractivity contribution < 1.29 is 24.6 Å². The van der Waals surface area contributed by atoms with E-state index in [-0.39, 0.29) is 25.0 Å². The first kappa shape index (κ1) is 21.2. The number of fused-ring (bicyclic) bond motifs is 1. The summed E-state index contributed by atoms with van der Waals surface area (Å²) in [4.78, 5) is 42.3. The molecular weight excluding hydrogens is 380 g/mol. The van der Waals surface area contributed by atoms with Crippen molar-refractivity contribution >= 4 is 29.5 Å². The number of hydrogen-bond donors (Lipinski definition) is 2. The predicted molar refractivity (Wildman–Crippen MR) is 107 cm³/mol. The number of carbonyl (C=O) groups excluding carboxylic acids is 2. The van der Waals surface area contributed by atoms with Crippen LogP contribution < -0.4 is 0 Å². The maximum absolute atomic E-state index is 13.8. The van der Waals surface area contributed by atoms with Crippen molar-refractivity contribution in [3.63, 3.8) is 0 Å². The number of β-amino-alcohol motifs (C(OH)–C–C–N with tert-alkyl or cyclic N) is 1. The molecule has 2 unspecified atom stereocenters. The fourth-order valence-electron chi connectivity index (χ4n) is 5.40. The normalized spacial score (nSPS) is 36.5. The number of thioether (sulfide) groups is 1. The van der Waals surface area contributed by atoms with E-state index in [9.17, 15) is 24.6 Å². The fraction of sp³-hybridized carbons (Fsp3) is 0.750. The smallest absolute Gasteiger partial charge is 0.308 e. The molecule has 3 aliphatic heterocycles. The Kier molecular flexibility index (Phi) is 5.11. The monoisotopic (exact) mass is 410 g/mol. The Morgan fingerprint density at radius 1 is 1.39 bits per heavy atom. The van der Waals surface area contributed by atoms with Crippen LogP contribution >= 0.6 is 11.8 Å². The lowest BCUT2D eigenvalue weighted by Gasteiger charge is -2.42. The zero-order valence-electron chi connectivity index (χ0n) is 17.0. The number of nitrogens with zero attached hydrogens (tertiary/aromatic N) is 2. The minimum atomic E-state index is -0.981. The van der Waals surface area contributed by atoms with Crippen LogP contribution in [-0.4, -0.2) is 78.6 Å². The first-order chi connectivity index (χ1) is 12.9. The van der Waals surface area contributed by atoms with Gasteiger partial charge in [0.15, 0.2) is 0 Å². The molecular formula is C20H30N2O5S. The van der Waals surface area contributed by atoms with E-state index in [4.69, 9.17) is 0 Å². The molecule has 1 spiro atoms. The maximum atomic E-state index is 13.8. The summed E-state index contributed by atoms with van der Waals surface area (Å²) in [5, 5.41) is 19.4. The zero-order chi connectivity index (χ0) is 21.1. The van der Waals surface area contributed by atoms with E-state index in [0.717, 1.165) is 0 Å². The van der Waals surface area contributed by atoms with E-state index in [0.29, 0.717) is 19.4 Å². The average Bonchev–Trinajstić information content (AvgIpc) is 3.13. The molecule has 7 nitrogen and oxygen atoms in total. The molecule has 3 rings (SSSR count). The number of aliphatic hydroxyl groups excluding tert-OH is 1. The highest BCUT2D eigenvalue weighted by Crippen LogP contribution is 2.71. The number of aliphatic carboxylic acids is 1. The van der Waals surface area contributed by atoms with E-state index in [2.05, 4.69) is 6.58 Å². The molecule has 3 saturated heterocycles. The Hall–Kier alpha value is -1.54. The minimum Gasteiger partial charge on any atom is -0.481 e. The summed E-state index contributed by atoms with van der Waals surface area (Å²) < 4.78 is -1.31. The number of amides is 2. The lowest BCUT2D eigenvalue weighted by Crippen LogP contribution is -2.59. The molecule has 2 amide bonds. The summed E-state index contributed by atoms with van der Waals surface area (Å²) in [5.41, 5.74) is -0.481. The molecule has 0 radical (unpaired) electrons. The van der Waals surface area contributed by atoms with Gasteiger partial charge in [-0.2, -0.15) is 0 Å². The number of aliphatic hydroxyl groups is 1. The van der Waals surface area contributed by atoms with Crippen LogP contribution in [-0.2, 0) is 14.4 Å². The second kappa shape index (κ2) is 6.76. The van der Waals surface area contributed by atoms with Gasteiger partial charge in [-0.25, -0.2) is 0 Å². The molecule has 2 bridgehead atoms. The van der Waals surface area contributed by atoms with Crippen LogP contribution in [0.3, 0.4) is 0 Å². The minimum absolute atomic E-state index is 0.0309. The molecule has 28 heavy (non-hydrogen) atoms. The van der Waals surface area contributed by atoms with Crippen LogP contribution in [0.4, 0.5) is 0 Å². The summed E-state index contributed by atoms with van der Waals surface area (Å²) >= 11 is 1.51. The van der Waals surface area contributed by atoms with Gasteiger partial charge < -0.3 is 20.0 Å². The molecule has 0 aromatic carbocycles. The van der Waals surface area contributed by atoms with Crippen LogP contribution in [0.1, 0.15) is 40.5 Å². The lowest BCUT2D eigenvalue weighted by molar-refractivity contribution is -0.150. The van der Waals surface area contributed by atoms with Crippen LogP contribution in [0.25, 0.3) is 0 Å². The number of rotatable bonds is 6. The number of hydrogen-bond acceptors (Lipinski definition) is 5. The van der Waals surface area contributed by atoms with E-state index in [1.807, 2.05) is 27.7 Å². The standard InChI is InChI=1S/C20H30N2O5S/c1-6-9-22(18(2,3)4)16(25)14-20-8-7-19(5,28-20)13(17(26)27)12(20)15(24)21(14)10-11-23/h6,12-14,23H,1,7-11H2,2-5H3,(H,26,27)/t12-,13+,14?,19-,20?/m0/s1. The van der Waals surface area contributed by atoms with Crippen molar-refractivity contribution in [1.82, 2.24) is 9.80 Å². The third-order valence-electron chi connectivity index (χ3n) is 6.50. The summed E-state index contributed by atoms with van der Waals surface area (Å²) in [6.45, 7) is 11.5. The molecule has 3 fully saturated rings. The number of carboxylic acid groups (broad SMARTS) is 1. The molecule has 156 valence electrons. The molecule has 2 N–H and O–H groups in total. The van der Waals surface area contributed by atoms with Crippen molar-refractivity contribution in [1.29, 1.82) is 0 Å². The average molecular weight is 411 g/mol. The molecule has 5 atom stereocenters. The highest BCUT2D eigenvalue weighted by Gasteiger charge is 2.77. The van der Waals surface area contributed by atoms with Crippen molar-refractivity contribution in [2.45, 2.75) is 61.6 Å². The molecule has 0 aliphatic carbocycles. The van der Waals surface area contributed by atoms with Crippen molar-refractivity contribution in [3.05, 3.63) is 12.7 Å². The lowest BCUT2D eigenvalue weighted by atomic mass is 9.66. The zero-order valence-corrected chi connectivity index (χ0v) is 17.8. The van der Waals surface area contributed by atoms with Crippen molar-refractivity contribution in [3.8, 4) is 0 Å². The SMILES string of the molecule is C=CCN(C(=O)C1N(CCO)C(=O)[C@@H]2[C@H](C(=O)O)[C@]3(C)CCC12S3)C(C)(C)C. The topological polar surface area (TPSA) is 98.2 Å². The number of carboxylic acids is 1. The molecule has 3 heterocycles. The summed E-state index contributed by atoms with van der Waals surface area (Å²) in [6, 6.07) is -0.771. The molecule has 0 aromatic rings. The first-order valence-electron chi connectivity index (χ1n) is 9.71. The molecule has 8 heteroatoms. The Balaban J connectivity index is 2.11. The fourth-order valence-corrected chi connectivity index (χ4v) is 7.74. The summed E-state index contributed by atoms with van der Waals surface area (Å²) in [5.74, 6) is -3.05. The van der Waals surface area contributed by atoms with Gasteiger partial charge in [-0.15, -0.1) is 18.3 Å². The van der Waals surface area contributed by atoms with Gasteiger partial charge in [0.25, 0.3) is 0 Å². The summed E-state index contributed by atoms with van der Waals surface area (Å²) in [7, 11) is 0. The van der Waals surface area contributed by atoms with Gasteiger partial charge in [-0.05, 0) is 40.5 Å². The molecule has 0 saturated carbocycles. The number of carbonyl (C=O) groups is 3. The van der Waals surface area contributed by atoms with Gasteiger partial charge in [0.2, 0.25) is 11.8 Å². The maximum Gasteiger partial charge on any atom is 0.308 e. The van der Waals surface area contributed by atoms with E-state index >= 15 is 0 Å². The number of likely N-dealkylation sites (tertiary alicyclic amines) is 1. The van der Waals surface area contributed by atoms with Gasteiger partial charge in [0, 0.05) is 23.4 Å². The van der Waals surface area contributed by atoms with Crippen LogP contribution in [0.2, 0.25) is 0 Å². The van der Waals surface area contributed by atoms with Crippen LogP contribution in [0, 0.1) is 11.8 Å². The van der Waals surface area contributed by atoms with Gasteiger partial charge in [-0.1, -0.05) is 6.08 Å². The molecule has 0 aromatic heterocycles. The Bertz CT molecular complexity index is 720. The summed E-state index contributed by atoms with van der Waals surface area (Å²) in [6.07, 6.45) is 2.94. The highest BCUT2D eigenvalue weighted by molar-refractivity contribution is 8.02. The second-order valence-corrected chi connectivity index (χ2v) is 11.1. The van der Waals surface area contributed by atoms with Crippen LogP contribution in [0.15, 0.2) is 12.7 Å². The van der Waals surface area contributed by atoms with Crippen LogP contribution in [0.5, 0.6) is 0 Å². The van der Waals surface area contributed by atoms with Crippen molar-refractivity contribution in [2.75, 3.05) is 19.7 Å². The van der Waals surface area contributed by atoms with Gasteiger partial charge >= 0.3 is 5.97 Å². The predicted octanol–water partition coefficient (Wildman–Crippen LogP) is 1.36. The van der Waals surface area contributed by atoms with E-state index < -0.39 is 38.9 Å². The van der Waals surface area contributed by atoms with E-state index in [1.165, 1.54) is 16.7 Å². The second-order valence-electron chi connectivity index (χ2n) is 9.23. The third-order valence-corrected chi connectivity index (χ3v) is 8.49.